The summed E-state index contributed by atoms with van der Waals surface area (Å²) in [4.78, 5) is 1.24. The molecule has 21 heavy (non-hydrogen) atoms. The largest absolute Gasteiger partial charge is 0.0987 e. The van der Waals surface area contributed by atoms with E-state index < -0.39 is 0 Å². The Morgan fingerprint density at radius 2 is 1.38 bits per heavy atom. The Bertz CT molecular complexity index is 709. The minimum atomic E-state index is 1.20. The van der Waals surface area contributed by atoms with Crippen molar-refractivity contribution in [3.8, 4) is 0 Å². The SMILES string of the molecule is C=CSc1ccccc1.C=Cc1cccc2ccccc12. The van der Waals surface area contributed by atoms with Gasteiger partial charge in [-0.05, 0) is 33.9 Å². The Morgan fingerprint density at radius 1 is 0.714 bits per heavy atom. The molecule has 0 aliphatic carbocycles. The Balaban J connectivity index is 0.000000161. The van der Waals surface area contributed by atoms with Gasteiger partial charge in [0.2, 0.25) is 0 Å². The molecular formula is C20H18S. The van der Waals surface area contributed by atoms with Gasteiger partial charge in [-0.25, -0.2) is 0 Å². The second-order valence-corrected chi connectivity index (χ2v) is 5.41. The molecule has 0 aromatic heterocycles. The fourth-order valence-electron chi connectivity index (χ4n) is 2.02. The van der Waals surface area contributed by atoms with Gasteiger partial charge in [0.15, 0.2) is 0 Å². The average molecular weight is 290 g/mol. The summed E-state index contributed by atoms with van der Waals surface area (Å²) in [5, 5.41) is 4.37. The van der Waals surface area contributed by atoms with Crippen LogP contribution in [0.5, 0.6) is 0 Å². The third-order valence-corrected chi connectivity index (χ3v) is 3.72. The quantitative estimate of drug-likeness (QED) is 0.502. The smallest absolute Gasteiger partial charge is 0.0116 e. The van der Waals surface area contributed by atoms with Crippen LogP contribution in [0, 0.1) is 0 Å². The molecule has 0 fully saturated rings. The second-order valence-electron chi connectivity index (χ2n) is 4.37. The molecule has 0 heterocycles. The van der Waals surface area contributed by atoms with Gasteiger partial charge in [0.05, 0.1) is 0 Å². The molecule has 0 unspecified atom stereocenters. The molecule has 3 rings (SSSR count). The summed E-state index contributed by atoms with van der Waals surface area (Å²) in [6.07, 6.45) is 1.89. The van der Waals surface area contributed by atoms with Crippen LogP contribution in [-0.2, 0) is 0 Å². The highest BCUT2D eigenvalue weighted by Gasteiger charge is 1.93. The number of hydrogen-bond donors (Lipinski definition) is 0. The standard InChI is InChI=1S/C12H10.C8H8S/c1-2-10-7-5-8-11-6-3-4-9-12(10)11;1-2-9-8-6-4-3-5-7-8/h2-9H,1H2;2-7H,1H2. The topological polar surface area (TPSA) is 0 Å². The van der Waals surface area contributed by atoms with E-state index in [0.29, 0.717) is 0 Å². The van der Waals surface area contributed by atoms with Crippen molar-refractivity contribution in [2.75, 3.05) is 0 Å². The molecule has 1 heteroatoms. The first-order valence-corrected chi connectivity index (χ1v) is 7.66. The summed E-state index contributed by atoms with van der Waals surface area (Å²) >= 11 is 1.64. The van der Waals surface area contributed by atoms with Crippen molar-refractivity contribution < 1.29 is 0 Å². The van der Waals surface area contributed by atoms with Crippen LogP contribution in [0.4, 0.5) is 0 Å². The lowest BCUT2D eigenvalue weighted by Crippen LogP contribution is -1.75. The van der Waals surface area contributed by atoms with E-state index >= 15 is 0 Å². The van der Waals surface area contributed by atoms with Gasteiger partial charge in [-0.15, -0.1) is 0 Å². The van der Waals surface area contributed by atoms with Crippen LogP contribution >= 0.6 is 11.8 Å². The van der Waals surface area contributed by atoms with E-state index in [1.165, 1.54) is 21.2 Å². The van der Waals surface area contributed by atoms with Crippen LogP contribution in [0.25, 0.3) is 16.8 Å². The lowest BCUT2D eigenvalue weighted by atomic mass is 10.1. The highest BCUT2D eigenvalue weighted by Crippen LogP contribution is 2.18. The summed E-state index contributed by atoms with van der Waals surface area (Å²) in [5.74, 6) is 0. The van der Waals surface area contributed by atoms with E-state index in [2.05, 4.69) is 67.8 Å². The Kier molecular flexibility index (Phi) is 5.86. The first-order valence-electron chi connectivity index (χ1n) is 6.78. The van der Waals surface area contributed by atoms with Crippen LogP contribution in [-0.4, -0.2) is 0 Å². The van der Waals surface area contributed by atoms with Crippen molar-refractivity contribution in [1.82, 2.24) is 0 Å². The zero-order chi connectivity index (χ0) is 14.9. The number of hydrogen-bond acceptors (Lipinski definition) is 1. The number of benzene rings is 3. The number of rotatable bonds is 3. The van der Waals surface area contributed by atoms with Gasteiger partial charge in [-0.2, -0.15) is 0 Å². The van der Waals surface area contributed by atoms with E-state index in [1.807, 2.05) is 29.7 Å². The van der Waals surface area contributed by atoms with E-state index in [-0.39, 0.29) is 0 Å². The van der Waals surface area contributed by atoms with Crippen LogP contribution in [0.15, 0.2) is 96.3 Å². The van der Waals surface area contributed by atoms with E-state index in [0.717, 1.165) is 0 Å². The molecule has 0 saturated carbocycles. The summed E-state index contributed by atoms with van der Waals surface area (Å²) in [6, 6.07) is 24.7. The molecule has 0 saturated heterocycles. The van der Waals surface area contributed by atoms with Gasteiger partial charge in [0.25, 0.3) is 0 Å². The van der Waals surface area contributed by atoms with Crippen LogP contribution in [0.3, 0.4) is 0 Å². The maximum Gasteiger partial charge on any atom is 0.0116 e. The van der Waals surface area contributed by atoms with E-state index in [1.54, 1.807) is 11.8 Å². The maximum atomic E-state index is 3.78. The molecule has 0 amide bonds. The van der Waals surface area contributed by atoms with Crippen LogP contribution in [0.1, 0.15) is 5.56 Å². The third kappa shape index (κ3) is 4.37. The molecule has 0 atom stereocenters. The Hall–Kier alpha value is -2.25. The molecular weight excluding hydrogens is 272 g/mol. The fourth-order valence-corrected chi connectivity index (χ4v) is 2.53. The highest BCUT2D eigenvalue weighted by atomic mass is 32.2. The predicted molar refractivity (Wildman–Crippen MR) is 96.5 cm³/mol. The molecule has 3 aromatic carbocycles. The minimum Gasteiger partial charge on any atom is -0.0987 e. The van der Waals surface area contributed by atoms with Gasteiger partial charge in [-0.1, -0.05) is 91.7 Å². The number of thioether (sulfide) groups is 1. The molecule has 0 spiro atoms. The molecule has 0 aliphatic rings. The van der Waals surface area contributed by atoms with Gasteiger partial charge in [-0.3, -0.25) is 0 Å². The highest BCUT2D eigenvalue weighted by molar-refractivity contribution is 8.02. The lowest BCUT2D eigenvalue weighted by molar-refractivity contribution is 1.47. The van der Waals surface area contributed by atoms with Crippen molar-refractivity contribution in [1.29, 1.82) is 0 Å². The molecule has 0 bridgehead atoms. The summed E-state index contributed by atoms with van der Waals surface area (Å²) in [7, 11) is 0. The molecule has 104 valence electrons. The van der Waals surface area contributed by atoms with Crippen molar-refractivity contribution in [2.45, 2.75) is 4.90 Å². The Morgan fingerprint density at radius 3 is 2.10 bits per heavy atom. The first kappa shape index (κ1) is 15.1. The first-order chi connectivity index (χ1) is 10.3. The van der Waals surface area contributed by atoms with Gasteiger partial charge in [0.1, 0.15) is 0 Å². The van der Waals surface area contributed by atoms with Crippen molar-refractivity contribution >= 4 is 28.6 Å². The van der Waals surface area contributed by atoms with Crippen molar-refractivity contribution in [2.24, 2.45) is 0 Å². The Labute approximate surface area is 130 Å². The van der Waals surface area contributed by atoms with Crippen molar-refractivity contribution in [3.05, 3.63) is 96.9 Å². The summed E-state index contributed by atoms with van der Waals surface area (Å²) in [6.45, 7) is 7.40. The molecule has 3 aromatic rings. The van der Waals surface area contributed by atoms with E-state index in [9.17, 15) is 0 Å². The molecule has 0 nitrogen and oxygen atoms in total. The zero-order valence-electron chi connectivity index (χ0n) is 11.9. The minimum absolute atomic E-state index is 1.20. The maximum absolute atomic E-state index is 3.78. The normalized spacial score (nSPS) is 9.52. The second kappa shape index (κ2) is 8.13. The number of fused-ring (bicyclic) bond motifs is 1. The van der Waals surface area contributed by atoms with Crippen molar-refractivity contribution in [3.63, 3.8) is 0 Å². The molecule has 0 N–H and O–H groups in total. The molecule has 0 aliphatic heterocycles. The lowest BCUT2D eigenvalue weighted by Gasteiger charge is -1.99. The molecule has 0 radical (unpaired) electrons. The van der Waals surface area contributed by atoms with Gasteiger partial charge in [0, 0.05) is 4.90 Å². The average Bonchev–Trinajstić information content (AvgIpc) is 2.56. The predicted octanol–water partition coefficient (Wildman–Crippen LogP) is 6.41. The third-order valence-electron chi connectivity index (χ3n) is 3.01. The summed E-state index contributed by atoms with van der Waals surface area (Å²) < 4.78 is 0. The van der Waals surface area contributed by atoms with Crippen LogP contribution in [0.2, 0.25) is 0 Å². The van der Waals surface area contributed by atoms with Crippen LogP contribution < -0.4 is 0 Å². The zero-order valence-corrected chi connectivity index (χ0v) is 12.7. The van der Waals surface area contributed by atoms with Gasteiger partial charge < -0.3 is 0 Å². The van der Waals surface area contributed by atoms with E-state index in [4.69, 9.17) is 0 Å². The fraction of sp³-hybridized carbons (Fsp3) is 0. The monoisotopic (exact) mass is 290 g/mol. The summed E-state index contributed by atoms with van der Waals surface area (Å²) in [5.41, 5.74) is 1.20. The van der Waals surface area contributed by atoms with Gasteiger partial charge >= 0.3 is 0 Å².